The molecule has 5 heteroatoms. The summed E-state index contributed by atoms with van der Waals surface area (Å²) >= 11 is 0. The third-order valence-electron chi connectivity index (χ3n) is 4.81. The Kier molecular flexibility index (Phi) is 5.67. The second-order valence-electron chi connectivity index (χ2n) is 6.77. The molecule has 1 fully saturated rings. The van der Waals surface area contributed by atoms with Crippen molar-refractivity contribution in [1.29, 1.82) is 5.26 Å². The van der Waals surface area contributed by atoms with Crippen LogP contribution in [0.2, 0.25) is 0 Å². The van der Waals surface area contributed by atoms with E-state index in [0.717, 1.165) is 6.54 Å². The summed E-state index contributed by atoms with van der Waals surface area (Å²) in [5.74, 6) is -0.0282. The van der Waals surface area contributed by atoms with Crippen molar-refractivity contribution in [2.45, 2.75) is 32.0 Å². The van der Waals surface area contributed by atoms with Crippen molar-refractivity contribution in [2.24, 2.45) is 0 Å². The first-order valence-corrected chi connectivity index (χ1v) is 8.82. The van der Waals surface area contributed by atoms with Gasteiger partial charge in [-0.05, 0) is 37.1 Å². The normalized spacial score (nSPS) is 19.9. The number of carbonyl (C=O) groups is 1. The minimum atomic E-state index is -0.343. The van der Waals surface area contributed by atoms with Gasteiger partial charge in [-0.3, -0.25) is 9.69 Å². The van der Waals surface area contributed by atoms with Crippen LogP contribution in [-0.2, 0) is 6.54 Å². The molecule has 26 heavy (non-hydrogen) atoms. The molecular formula is C21H23N3O2. The van der Waals surface area contributed by atoms with E-state index in [1.807, 2.05) is 18.2 Å². The van der Waals surface area contributed by atoms with E-state index < -0.39 is 0 Å². The van der Waals surface area contributed by atoms with Gasteiger partial charge in [-0.15, -0.1) is 0 Å². The number of nitriles is 1. The highest BCUT2D eigenvalue weighted by molar-refractivity contribution is 5.95. The van der Waals surface area contributed by atoms with Crippen LogP contribution in [0.3, 0.4) is 0 Å². The van der Waals surface area contributed by atoms with Crippen LogP contribution in [-0.4, -0.2) is 41.0 Å². The van der Waals surface area contributed by atoms with Crippen molar-refractivity contribution in [1.82, 2.24) is 4.90 Å². The molecule has 1 saturated heterocycles. The zero-order chi connectivity index (χ0) is 18.5. The van der Waals surface area contributed by atoms with E-state index in [-0.39, 0.29) is 17.9 Å². The van der Waals surface area contributed by atoms with Gasteiger partial charge in [0, 0.05) is 31.2 Å². The third kappa shape index (κ3) is 4.29. The minimum Gasteiger partial charge on any atom is -0.392 e. The van der Waals surface area contributed by atoms with E-state index in [1.54, 1.807) is 18.2 Å². The van der Waals surface area contributed by atoms with E-state index in [9.17, 15) is 15.2 Å². The molecule has 0 spiro atoms. The number of aliphatic hydroxyl groups excluding tert-OH is 1. The average molecular weight is 349 g/mol. The average Bonchev–Trinajstić information content (AvgIpc) is 2.99. The van der Waals surface area contributed by atoms with Crippen molar-refractivity contribution in [3.63, 3.8) is 0 Å². The lowest BCUT2D eigenvalue weighted by Gasteiger charge is -2.25. The van der Waals surface area contributed by atoms with E-state index in [0.29, 0.717) is 36.3 Å². The molecule has 5 nitrogen and oxygen atoms in total. The SMILES string of the molecule is CC(=O)c1ccc(C#N)c(NC[C@H]2C[C@@H](O)CN2Cc2ccccc2)c1. The summed E-state index contributed by atoms with van der Waals surface area (Å²) in [5, 5.41) is 22.7. The summed E-state index contributed by atoms with van der Waals surface area (Å²) in [7, 11) is 0. The van der Waals surface area contributed by atoms with Gasteiger partial charge in [-0.25, -0.2) is 0 Å². The number of carbonyl (C=O) groups excluding carboxylic acids is 1. The Balaban J connectivity index is 1.70. The molecule has 134 valence electrons. The molecule has 0 amide bonds. The summed E-state index contributed by atoms with van der Waals surface area (Å²) in [5.41, 5.74) is 2.98. The number of β-amino-alcohol motifs (C(OH)–C–C–N with tert-alkyl or cyclic N) is 1. The van der Waals surface area contributed by atoms with E-state index in [1.165, 1.54) is 12.5 Å². The molecule has 2 aromatic rings. The van der Waals surface area contributed by atoms with E-state index in [4.69, 9.17) is 0 Å². The number of nitrogens with one attached hydrogen (secondary N) is 1. The third-order valence-corrected chi connectivity index (χ3v) is 4.81. The Morgan fingerprint density at radius 2 is 2.08 bits per heavy atom. The topological polar surface area (TPSA) is 76.4 Å². The Morgan fingerprint density at radius 3 is 2.77 bits per heavy atom. The van der Waals surface area contributed by atoms with Crippen LogP contribution in [0, 0.1) is 11.3 Å². The second kappa shape index (κ2) is 8.13. The molecule has 0 radical (unpaired) electrons. The molecule has 0 aromatic heterocycles. The summed E-state index contributed by atoms with van der Waals surface area (Å²) in [6.07, 6.45) is 0.346. The Labute approximate surface area is 153 Å². The van der Waals surface area contributed by atoms with Gasteiger partial charge < -0.3 is 10.4 Å². The van der Waals surface area contributed by atoms with Crippen LogP contribution < -0.4 is 5.32 Å². The minimum absolute atomic E-state index is 0.0282. The zero-order valence-electron chi connectivity index (χ0n) is 14.9. The Morgan fingerprint density at radius 1 is 1.31 bits per heavy atom. The van der Waals surface area contributed by atoms with Crippen molar-refractivity contribution >= 4 is 11.5 Å². The maximum absolute atomic E-state index is 11.6. The number of anilines is 1. The van der Waals surface area contributed by atoms with Gasteiger partial charge in [-0.1, -0.05) is 30.3 Å². The van der Waals surface area contributed by atoms with Crippen molar-refractivity contribution < 1.29 is 9.90 Å². The van der Waals surface area contributed by atoms with Gasteiger partial charge in [0.15, 0.2) is 5.78 Å². The van der Waals surface area contributed by atoms with Crippen LogP contribution >= 0.6 is 0 Å². The molecule has 2 atom stereocenters. The first-order chi connectivity index (χ1) is 12.6. The molecular weight excluding hydrogens is 326 g/mol. The molecule has 2 aromatic carbocycles. The highest BCUT2D eigenvalue weighted by atomic mass is 16.3. The van der Waals surface area contributed by atoms with E-state index in [2.05, 4.69) is 28.4 Å². The maximum atomic E-state index is 11.6. The Hall–Kier alpha value is -2.68. The second-order valence-corrected chi connectivity index (χ2v) is 6.77. The number of hydrogen-bond acceptors (Lipinski definition) is 5. The fourth-order valence-corrected chi connectivity index (χ4v) is 3.42. The van der Waals surface area contributed by atoms with Gasteiger partial charge in [0.2, 0.25) is 0 Å². The van der Waals surface area contributed by atoms with Crippen LogP contribution in [0.15, 0.2) is 48.5 Å². The first-order valence-electron chi connectivity index (χ1n) is 8.82. The summed E-state index contributed by atoms with van der Waals surface area (Å²) in [6.45, 7) is 3.54. The summed E-state index contributed by atoms with van der Waals surface area (Å²) in [6, 6.07) is 17.6. The lowest BCUT2D eigenvalue weighted by molar-refractivity contribution is 0.101. The molecule has 0 aliphatic carbocycles. The number of Topliss-reactive ketones (excluding diaryl/α,β-unsaturated/α-hetero) is 1. The van der Waals surface area contributed by atoms with Gasteiger partial charge in [0.05, 0.1) is 17.4 Å². The van der Waals surface area contributed by atoms with Gasteiger partial charge in [0.1, 0.15) is 6.07 Å². The summed E-state index contributed by atoms with van der Waals surface area (Å²) in [4.78, 5) is 13.9. The molecule has 0 saturated carbocycles. The number of hydrogen-bond donors (Lipinski definition) is 2. The number of aliphatic hydroxyl groups is 1. The number of rotatable bonds is 6. The maximum Gasteiger partial charge on any atom is 0.159 e. The standard InChI is InChI=1S/C21H23N3O2/c1-15(25)17-7-8-18(11-22)21(9-17)23-12-19-10-20(26)14-24(19)13-16-5-3-2-4-6-16/h2-9,19-20,23,26H,10,12-14H2,1H3/t19-,20-/m1/s1. The van der Waals surface area contributed by atoms with Crippen molar-refractivity contribution in [3.05, 3.63) is 65.2 Å². The number of likely N-dealkylation sites (tertiary alicyclic amines) is 1. The predicted octanol–water partition coefficient (Wildman–Crippen LogP) is 2.81. The molecule has 0 unspecified atom stereocenters. The zero-order valence-corrected chi connectivity index (χ0v) is 14.9. The number of benzene rings is 2. The monoisotopic (exact) mass is 349 g/mol. The smallest absolute Gasteiger partial charge is 0.159 e. The van der Waals surface area contributed by atoms with Crippen LogP contribution in [0.5, 0.6) is 0 Å². The first kappa shape index (κ1) is 18.1. The van der Waals surface area contributed by atoms with Gasteiger partial charge >= 0.3 is 0 Å². The van der Waals surface area contributed by atoms with E-state index >= 15 is 0 Å². The van der Waals surface area contributed by atoms with Crippen LogP contribution in [0.25, 0.3) is 0 Å². The molecule has 2 N–H and O–H groups in total. The van der Waals surface area contributed by atoms with Crippen LogP contribution in [0.4, 0.5) is 5.69 Å². The lowest BCUT2D eigenvalue weighted by atomic mass is 10.1. The quantitative estimate of drug-likeness (QED) is 0.784. The molecule has 1 heterocycles. The summed E-state index contributed by atoms with van der Waals surface area (Å²) < 4.78 is 0. The lowest BCUT2D eigenvalue weighted by Crippen LogP contribution is -2.34. The largest absolute Gasteiger partial charge is 0.392 e. The van der Waals surface area contributed by atoms with Gasteiger partial charge in [-0.2, -0.15) is 5.26 Å². The van der Waals surface area contributed by atoms with Crippen LogP contribution in [0.1, 0.15) is 34.8 Å². The highest BCUT2D eigenvalue weighted by Crippen LogP contribution is 2.23. The van der Waals surface area contributed by atoms with Gasteiger partial charge in [0.25, 0.3) is 0 Å². The number of nitrogens with zero attached hydrogens (tertiary/aromatic N) is 2. The number of ketones is 1. The predicted molar refractivity (Wildman–Crippen MR) is 101 cm³/mol. The fourth-order valence-electron chi connectivity index (χ4n) is 3.42. The molecule has 3 rings (SSSR count). The molecule has 1 aliphatic heterocycles. The van der Waals surface area contributed by atoms with Crippen molar-refractivity contribution in [3.8, 4) is 6.07 Å². The van der Waals surface area contributed by atoms with Crippen molar-refractivity contribution in [2.75, 3.05) is 18.4 Å². The fraction of sp³-hybridized carbons (Fsp3) is 0.333. The Bertz CT molecular complexity index is 814. The molecule has 1 aliphatic rings. The highest BCUT2D eigenvalue weighted by Gasteiger charge is 2.30. The molecule has 0 bridgehead atoms.